The molecule has 2 aromatic heterocycles. The number of aromatic nitrogens is 4. The van der Waals surface area contributed by atoms with Gasteiger partial charge in [0.25, 0.3) is 5.91 Å². The molecule has 0 saturated heterocycles. The minimum absolute atomic E-state index is 0.193. The number of pyridine rings is 1. The van der Waals surface area contributed by atoms with Crippen molar-refractivity contribution in [1.29, 1.82) is 0 Å². The maximum Gasteiger partial charge on any atom is 0.274 e. The summed E-state index contributed by atoms with van der Waals surface area (Å²) in [4.78, 5) is 18.3. The molecule has 0 spiro atoms. The van der Waals surface area contributed by atoms with Crippen LogP contribution in [0.4, 0.5) is 0 Å². The fourth-order valence-electron chi connectivity index (χ4n) is 3.12. The fourth-order valence-corrected chi connectivity index (χ4v) is 3.12. The van der Waals surface area contributed by atoms with Gasteiger partial charge in [0.1, 0.15) is 12.4 Å². The lowest BCUT2D eigenvalue weighted by atomic mass is 10.1. The molecule has 0 saturated carbocycles. The number of carbonyl (C=O) groups excluding carboxylic acids is 1. The maximum atomic E-state index is 12.8. The Balaban J connectivity index is 1.38. The molecule has 4 rings (SSSR count). The van der Waals surface area contributed by atoms with Crippen LogP contribution in [0.15, 0.2) is 79.1 Å². The van der Waals surface area contributed by atoms with Crippen LogP contribution in [0.2, 0.25) is 0 Å². The molecule has 1 atom stereocenters. The molecule has 2 heterocycles. The molecule has 156 valence electrons. The molecule has 2 aromatic carbocycles. The number of amides is 1. The summed E-state index contributed by atoms with van der Waals surface area (Å²) < 4.78 is 5.79. The molecule has 31 heavy (non-hydrogen) atoms. The van der Waals surface area contributed by atoms with E-state index in [9.17, 15) is 4.79 Å². The Bertz CT molecular complexity index is 1140. The number of carbonyl (C=O) groups is 1. The topological polar surface area (TPSA) is 81.9 Å². The van der Waals surface area contributed by atoms with E-state index in [4.69, 9.17) is 4.74 Å². The largest absolute Gasteiger partial charge is 0.489 e. The van der Waals surface area contributed by atoms with E-state index in [1.807, 2.05) is 73.7 Å². The number of nitrogens with one attached hydrogen (secondary N) is 1. The van der Waals surface area contributed by atoms with Crippen molar-refractivity contribution in [3.63, 3.8) is 0 Å². The van der Waals surface area contributed by atoms with E-state index in [-0.39, 0.29) is 11.9 Å². The molecule has 1 unspecified atom stereocenters. The highest BCUT2D eigenvalue weighted by Gasteiger charge is 2.19. The van der Waals surface area contributed by atoms with Crippen LogP contribution in [-0.2, 0) is 6.61 Å². The number of benzene rings is 2. The summed E-state index contributed by atoms with van der Waals surface area (Å²) in [7, 11) is 0. The van der Waals surface area contributed by atoms with Gasteiger partial charge in [0.2, 0.25) is 0 Å². The highest BCUT2D eigenvalue weighted by Crippen LogP contribution is 2.19. The van der Waals surface area contributed by atoms with Gasteiger partial charge in [-0.3, -0.25) is 9.78 Å². The lowest BCUT2D eigenvalue weighted by molar-refractivity contribution is 0.0934. The predicted molar refractivity (Wildman–Crippen MR) is 117 cm³/mol. The second-order valence-corrected chi connectivity index (χ2v) is 7.17. The molecule has 7 nitrogen and oxygen atoms in total. The Morgan fingerprint density at radius 1 is 1.03 bits per heavy atom. The third kappa shape index (κ3) is 4.95. The first kappa shape index (κ1) is 20.3. The van der Waals surface area contributed by atoms with Crippen LogP contribution in [-0.4, -0.2) is 25.9 Å². The van der Waals surface area contributed by atoms with Gasteiger partial charge in [-0.25, -0.2) is 0 Å². The quantitative estimate of drug-likeness (QED) is 0.494. The van der Waals surface area contributed by atoms with Crippen LogP contribution in [0.25, 0.3) is 5.69 Å². The normalized spacial score (nSPS) is 11.7. The fraction of sp³-hybridized carbons (Fsp3) is 0.167. The van der Waals surface area contributed by atoms with Crippen molar-refractivity contribution in [2.24, 2.45) is 0 Å². The molecule has 1 amide bonds. The van der Waals surface area contributed by atoms with E-state index in [2.05, 4.69) is 20.5 Å². The first-order valence-electron chi connectivity index (χ1n) is 10.0. The zero-order chi connectivity index (χ0) is 21.6. The zero-order valence-electron chi connectivity index (χ0n) is 17.4. The Labute approximate surface area is 180 Å². The van der Waals surface area contributed by atoms with E-state index >= 15 is 0 Å². The van der Waals surface area contributed by atoms with Gasteiger partial charge < -0.3 is 10.1 Å². The monoisotopic (exact) mass is 413 g/mol. The summed E-state index contributed by atoms with van der Waals surface area (Å²) in [6.45, 7) is 4.16. The van der Waals surface area contributed by atoms with Crippen LogP contribution < -0.4 is 10.1 Å². The average Bonchev–Trinajstić information content (AvgIpc) is 3.21. The van der Waals surface area contributed by atoms with Gasteiger partial charge in [-0.2, -0.15) is 9.90 Å². The third-order valence-corrected chi connectivity index (χ3v) is 4.84. The summed E-state index contributed by atoms with van der Waals surface area (Å²) in [6, 6.07) is 20.8. The molecule has 7 heteroatoms. The number of para-hydroxylation sites is 1. The summed E-state index contributed by atoms with van der Waals surface area (Å²) >= 11 is 0. The number of nitrogens with zero attached hydrogens (tertiary/aromatic N) is 4. The Hall–Kier alpha value is -4.00. The lowest BCUT2D eigenvalue weighted by Gasteiger charge is -2.14. The second-order valence-electron chi connectivity index (χ2n) is 7.17. The van der Waals surface area contributed by atoms with E-state index in [1.165, 1.54) is 4.80 Å². The molecular formula is C24H23N5O2. The van der Waals surface area contributed by atoms with Gasteiger partial charge in [-0.15, -0.1) is 5.10 Å². The van der Waals surface area contributed by atoms with E-state index < -0.39 is 0 Å². The highest BCUT2D eigenvalue weighted by molar-refractivity contribution is 5.93. The van der Waals surface area contributed by atoms with Crippen LogP contribution in [0.1, 0.15) is 40.3 Å². The first-order chi connectivity index (χ1) is 15.1. The minimum atomic E-state index is -0.260. The second kappa shape index (κ2) is 9.21. The minimum Gasteiger partial charge on any atom is -0.489 e. The predicted octanol–water partition coefficient (Wildman–Crippen LogP) is 4.04. The third-order valence-electron chi connectivity index (χ3n) is 4.84. The van der Waals surface area contributed by atoms with Gasteiger partial charge in [-0.05, 0) is 49.7 Å². The molecule has 0 fully saturated rings. The smallest absolute Gasteiger partial charge is 0.274 e. The molecule has 0 aliphatic carbocycles. The summed E-state index contributed by atoms with van der Waals surface area (Å²) in [5, 5.41) is 11.7. The molecule has 0 radical (unpaired) electrons. The Kier molecular flexibility index (Phi) is 6.03. The Morgan fingerprint density at radius 2 is 1.81 bits per heavy atom. The van der Waals surface area contributed by atoms with Gasteiger partial charge in [0.05, 0.1) is 17.4 Å². The van der Waals surface area contributed by atoms with Crippen molar-refractivity contribution in [3.05, 3.63) is 102 Å². The number of aryl methyl sites for hydroxylation is 1. The van der Waals surface area contributed by atoms with Gasteiger partial charge in [0.15, 0.2) is 5.69 Å². The van der Waals surface area contributed by atoms with Crippen LogP contribution in [0.3, 0.4) is 0 Å². The Morgan fingerprint density at radius 3 is 2.52 bits per heavy atom. The lowest BCUT2D eigenvalue weighted by Crippen LogP contribution is -2.27. The van der Waals surface area contributed by atoms with Crippen LogP contribution in [0.5, 0.6) is 5.75 Å². The number of rotatable bonds is 7. The van der Waals surface area contributed by atoms with Crippen molar-refractivity contribution in [1.82, 2.24) is 25.3 Å². The summed E-state index contributed by atoms with van der Waals surface area (Å²) in [5.74, 6) is 0.497. The van der Waals surface area contributed by atoms with Crippen LogP contribution in [0, 0.1) is 6.92 Å². The zero-order valence-corrected chi connectivity index (χ0v) is 17.4. The van der Waals surface area contributed by atoms with E-state index in [0.29, 0.717) is 18.0 Å². The summed E-state index contributed by atoms with van der Waals surface area (Å²) in [6.07, 6.45) is 3.51. The van der Waals surface area contributed by atoms with Crippen molar-refractivity contribution in [2.45, 2.75) is 26.5 Å². The average molecular weight is 413 g/mol. The standard InChI is InChI=1S/C24H23N5O2/c1-17(20-10-12-22(13-11-20)31-16-19-7-6-14-25-15-19)26-24(30)23-18(2)27-29(28-23)21-8-4-3-5-9-21/h3-15,17H,16H2,1-2H3,(H,26,30). The molecule has 0 bridgehead atoms. The number of hydrogen-bond donors (Lipinski definition) is 1. The van der Waals surface area contributed by atoms with Gasteiger partial charge in [-0.1, -0.05) is 36.4 Å². The highest BCUT2D eigenvalue weighted by atomic mass is 16.5. The van der Waals surface area contributed by atoms with E-state index in [1.54, 1.807) is 19.3 Å². The summed E-state index contributed by atoms with van der Waals surface area (Å²) in [5.41, 5.74) is 3.67. The number of ether oxygens (including phenoxy) is 1. The van der Waals surface area contributed by atoms with Gasteiger partial charge in [0, 0.05) is 18.0 Å². The molecule has 4 aromatic rings. The maximum absolute atomic E-state index is 12.8. The number of hydrogen-bond acceptors (Lipinski definition) is 5. The van der Waals surface area contributed by atoms with Crippen LogP contribution >= 0.6 is 0 Å². The van der Waals surface area contributed by atoms with Crippen molar-refractivity contribution in [2.75, 3.05) is 0 Å². The van der Waals surface area contributed by atoms with Gasteiger partial charge >= 0.3 is 0 Å². The molecule has 0 aliphatic heterocycles. The van der Waals surface area contributed by atoms with Crippen molar-refractivity contribution < 1.29 is 9.53 Å². The first-order valence-corrected chi connectivity index (χ1v) is 10.0. The SMILES string of the molecule is Cc1nn(-c2ccccc2)nc1C(=O)NC(C)c1ccc(OCc2cccnc2)cc1. The molecule has 1 N–H and O–H groups in total. The van der Waals surface area contributed by atoms with E-state index in [0.717, 1.165) is 22.6 Å². The molecular weight excluding hydrogens is 390 g/mol. The van der Waals surface area contributed by atoms with Crippen molar-refractivity contribution >= 4 is 5.91 Å². The molecule has 0 aliphatic rings. The van der Waals surface area contributed by atoms with Crippen molar-refractivity contribution in [3.8, 4) is 11.4 Å².